The Morgan fingerprint density at radius 3 is 1.69 bits per heavy atom. The average Bonchev–Trinajstić information content (AvgIpc) is 2.37. The number of carbonyl (C=O) groups is 2. The first kappa shape index (κ1) is 21.8. The van der Waals surface area contributed by atoms with Gasteiger partial charge in [0.05, 0.1) is 5.69 Å². The first-order valence-electron chi connectivity index (χ1n) is 7.73. The molecule has 144 valence electrons. The number of hydrogen-bond acceptors (Lipinski definition) is 6. The van der Waals surface area contributed by atoms with Crippen LogP contribution >= 0.6 is 0 Å². The van der Waals surface area contributed by atoms with Crippen LogP contribution in [0, 0.1) is 11.6 Å². The van der Waals surface area contributed by atoms with Crippen molar-refractivity contribution in [3.8, 4) is 0 Å². The summed E-state index contributed by atoms with van der Waals surface area (Å²) in [5.41, 5.74) is -3.57. The molecule has 0 heterocycles. The van der Waals surface area contributed by atoms with E-state index in [0.717, 1.165) is 0 Å². The lowest BCUT2D eigenvalue weighted by Gasteiger charge is -2.28. The van der Waals surface area contributed by atoms with Crippen molar-refractivity contribution < 1.29 is 37.9 Å². The second-order valence-electron chi connectivity index (χ2n) is 7.49. The highest BCUT2D eigenvalue weighted by molar-refractivity contribution is 6.58. The molecule has 0 fully saturated rings. The molecular formula is C16H22BF2NO6. The molecule has 0 bridgehead atoms. The highest BCUT2D eigenvalue weighted by atomic mass is 19.1. The van der Waals surface area contributed by atoms with Crippen molar-refractivity contribution in [2.45, 2.75) is 52.7 Å². The van der Waals surface area contributed by atoms with Crippen LogP contribution < -0.4 is 10.4 Å². The molecular weight excluding hydrogens is 351 g/mol. The molecule has 2 N–H and O–H groups in total. The van der Waals surface area contributed by atoms with E-state index in [0.29, 0.717) is 12.1 Å². The second kappa shape index (κ2) is 7.59. The standard InChI is InChI=1S/C16H22BF2NO6/c1-15(2,3)25-13(21)20(14(22)26-16(4,5)6)12-8-10(18)9(17(23)24)7-11(12)19/h7-8,23-24H,1-6H3. The maximum atomic E-state index is 14.4. The van der Waals surface area contributed by atoms with Crippen LogP contribution in [0.25, 0.3) is 0 Å². The van der Waals surface area contributed by atoms with Gasteiger partial charge in [-0.1, -0.05) is 0 Å². The number of amides is 2. The van der Waals surface area contributed by atoms with Gasteiger partial charge < -0.3 is 19.5 Å². The molecule has 7 nitrogen and oxygen atoms in total. The maximum Gasteiger partial charge on any atom is 0.491 e. The van der Waals surface area contributed by atoms with Gasteiger partial charge in [-0.15, -0.1) is 0 Å². The predicted octanol–water partition coefficient (Wildman–Crippen LogP) is 2.32. The largest absolute Gasteiger partial charge is 0.491 e. The van der Waals surface area contributed by atoms with Crippen LogP contribution in [-0.2, 0) is 9.47 Å². The number of hydrogen-bond donors (Lipinski definition) is 2. The van der Waals surface area contributed by atoms with E-state index in [1.54, 1.807) is 0 Å². The third-order valence-corrected chi connectivity index (χ3v) is 2.74. The van der Waals surface area contributed by atoms with Crippen molar-refractivity contribution >= 4 is 30.5 Å². The van der Waals surface area contributed by atoms with E-state index >= 15 is 0 Å². The molecule has 0 aliphatic heterocycles. The number of benzene rings is 1. The maximum absolute atomic E-state index is 14.4. The third-order valence-electron chi connectivity index (χ3n) is 2.74. The molecule has 0 radical (unpaired) electrons. The molecule has 0 saturated carbocycles. The molecule has 0 atom stereocenters. The SMILES string of the molecule is CC(C)(C)OC(=O)N(C(=O)OC(C)(C)C)c1cc(F)c(B(O)O)cc1F. The Kier molecular flexibility index (Phi) is 6.37. The molecule has 0 unspecified atom stereocenters. The lowest BCUT2D eigenvalue weighted by atomic mass is 9.79. The Labute approximate surface area is 150 Å². The van der Waals surface area contributed by atoms with Crippen molar-refractivity contribution in [3.05, 3.63) is 23.8 Å². The van der Waals surface area contributed by atoms with E-state index in [1.165, 1.54) is 41.5 Å². The molecule has 26 heavy (non-hydrogen) atoms. The number of anilines is 1. The molecule has 0 aliphatic rings. The monoisotopic (exact) mass is 373 g/mol. The quantitative estimate of drug-likeness (QED) is 0.773. The van der Waals surface area contributed by atoms with Crippen molar-refractivity contribution in [3.63, 3.8) is 0 Å². The fraction of sp³-hybridized carbons (Fsp3) is 0.500. The van der Waals surface area contributed by atoms with E-state index < -0.39 is 53.3 Å². The fourth-order valence-corrected chi connectivity index (χ4v) is 1.81. The van der Waals surface area contributed by atoms with Crippen LogP contribution in [0.4, 0.5) is 24.1 Å². The molecule has 2 amide bonds. The van der Waals surface area contributed by atoms with Crippen LogP contribution in [0.2, 0.25) is 0 Å². The lowest BCUT2D eigenvalue weighted by Crippen LogP contribution is -2.44. The van der Waals surface area contributed by atoms with Gasteiger partial charge in [0, 0.05) is 11.5 Å². The molecule has 0 aromatic heterocycles. The van der Waals surface area contributed by atoms with Gasteiger partial charge in [-0.2, -0.15) is 4.90 Å². The van der Waals surface area contributed by atoms with Gasteiger partial charge in [-0.05, 0) is 47.6 Å². The van der Waals surface area contributed by atoms with Crippen LogP contribution in [0.1, 0.15) is 41.5 Å². The predicted molar refractivity (Wildman–Crippen MR) is 91.1 cm³/mol. The normalized spacial score (nSPS) is 11.8. The number of imide groups is 1. The van der Waals surface area contributed by atoms with Crippen molar-refractivity contribution in [2.24, 2.45) is 0 Å². The minimum Gasteiger partial charge on any atom is -0.443 e. The summed E-state index contributed by atoms with van der Waals surface area (Å²) in [5, 5.41) is 18.1. The van der Waals surface area contributed by atoms with E-state index in [2.05, 4.69) is 0 Å². The number of nitrogens with zero attached hydrogens (tertiary/aromatic N) is 1. The zero-order chi connectivity index (χ0) is 20.4. The van der Waals surface area contributed by atoms with Gasteiger partial charge in [-0.3, -0.25) is 0 Å². The number of carbonyl (C=O) groups excluding carboxylic acids is 2. The lowest BCUT2D eigenvalue weighted by molar-refractivity contribution is 0.0429. The fourth-order valence-electron chi connectivity index (χ4n) is 1.81. The Morgan fingerprint density at radius 2 is 1.35 bits per heavy atom. The van der Waals surface area contributed by atoms with Gasteiger partial charge in [0.15, 0.2) is 0 Å². The molecule has 0 saturated heterocycles. The first-order chi connectivity index (χ1) is 11.6. The average molecular weight is 373 g/mol. The highest BCUT2D eigenvalue weighted by Crippen LogP contribution is 2.25. The number of ether oxygens (including phenoxy) is 2. The smallest absolute Gasteiger partial charge is 0.443 e. The second-order valence-corrected chi connectivity index (χ2v) is 7.49. The minimum atomic E-state index is -2.27. The summed E-state index contributed by atoms with van der Waals surface area (Å²) >= 11 is 0. The summed E-state index contributed by atoms with van der Waals surface area (Å²) in [7, 11) is -2.27. The van der Waals surface area contributed by atoms with Crippen LogP contribution in [-0.4, -0.2) is 40.6 Å². The zero-order valence-corrected chi connectivity index (χ0v) is 15.5. The van der Waals surface area contributed by atoms with Crippen LogP contribution in [0.5, 0.6) is 0 Å². The zero-order valence-electron chi connectivity index (χ0n) is 15.5. The summed E-state index contributed by atoms with van der Waals surface area (Å²) in [4.78, 5) is 25.0. The van der Waals surface area contributed by atoms with Crippen LogP contribution in [0.15, 0.2) is 12.1 Å². The minimum absolute atomic E-state index is 0.211. The Bertz CT molecular complexity index is 669. The summed E-state index contributed by atoms with van der Waals surface area (Å²) in [6.45, 7) is 9.17. The van der Waals surface area contributed by atoms with Gasteiger partial charge in [0.2, 0.25) is 0 Å². The van der Waals surface area contributed by atoms with Gasteiger partial charge >= 0.3 is 19.3 Å². The van der Waals surface area contributed by atoms with E-state index in [1.807, 2.05) is 0 Å². The van der Waals surface area contributed by atoms with Crippen molar-refractivity contribution in [1.29, 1.82) is 0 Å². The topological polar surface area (TPSA) is 96.3 Å². The summed E-state index contributed by atoms with van der Waals surface area (Å²) in [5.74, 6) is -2.47. The summed E-state index contributed by atoms with van der Waals surface area (Å²) in [6, 6.07) is 0.953. The Morgan fingerprint density at radius 1 is 0.923 bits per heavy atom. The number of rotatable bonds is 2. The highest BCUT2D eigenvalue weighted by Gasteiger charge is 2.35. The van der Waals surface area contributed by atoms with E-state index in [-0.39, 0.29) is 4.90 Å². The summed E-state index contributed by atoms with van der Waals surface area (Å²) < 4.78 is 38.5. The van der Waals surface area contributed by atoms with Gasteiger partial charge in [-0.25, -0.2) is 18.4 Å². The van der Waals surface area contributed by atoms with E-state index in [9.17, 15) is 18.4 Å². The van der Waals surface area contributed by atoms with Gasteiger partial charge in [0.25, 0.3) is 0 Å². The Balaban J connectivity index is 3.43. The molecule has 1 rings (SSSR count). The van der Waals surface area contributed by atoms with Gasteiger partial charge in [0.1, 0.15) is 22.8 Å². The molecule has 1 aromatic rings. The van der Waals surface area contributed by atoms with Crippen LogP contribution in [0.3, 0.4) is 0 Å². The first-order valence-corrected chi connectivity index (χ1v) is 7.73. The molecule has 0 spiro atoms. The van der Waals surface area contributed by atoms with E-state index in [4.69, 9.17) is 19.5 Å². The van der Waals surface area contributed by atoms with Crippen molar-refractivity contribution in [2.75, 3.05) is 4.90 Å². The number of halogens is 2. The van der Waals surface area contributed by atoms with Crippen molar-refractivity contribution in [1.82, 2.24) is 0 Å². The third kappa shape index (κ3) is 5.96. The molecule has 10 heteroatoms. The Hall–Kier alpha value is -2.20. The summed E-state index contributed by atoms with van der Waals surface area (Å²) in [6.07, 6.45) is -2.55. The molecule has 0 aliphatic carbocycles. The molecule has 1 aromatic carbocycles.